The van der Waals surface area contributed by atoms with Crippen molar-refractivity contribution in [2.75, 3.05) is 0 Å². The minimum absolute atomic E-state index is 0. The molecule has 0 N–H and O–H groups in total. The molecule has 0 spiro atoms. The Morgan fingerprint density at radius 3 is 1.38 bits per heavy atom. The summed E-state index contributed by atoms with van der Waals surface area (Å²) in [5.41, 5.74) is 1.45. The topological polar surface area (TPSA) is 0 Å². The molecular formula is C23H43Cl2Zr-. The molecule has 1 aliphatic rings. The predicted octanol–water partition coefficient (Wildman–Crippen LogP) is 9.17. The first kappa shape index (κ1) is 31.6. The van der Waals surface area contributed by atoms with E-state index in [1.54, 1.807) is 0 Å². The van der Waals surface area contributed by atoms with Crippen molar-refractivity contribution >= 4 is 24.8 Å². The molecule has 0 aromatic carbocycles. The Balaban J connectivity index is -0.00000176. The molecule has 0 amide bonds. The van der Waals surface area contributed by atoms with Crippen molar-refractivity contribution in [1.82, 2.24) is 0 Å². The number of unbranched alkanes of at least 4 members (excludes halogenated alkanes) is 15. The zero-order valence-electron chi connectivity index (χ0n) is 17.2. The molecule has 0 saturated heterocycles. The molecule has 0 fully saturated rings. The van der Waals surface area contributed by atoms with Crippen LogP contribution in [0.4, 0.5) is 0 Å². The first-order valence-electron chi connectivity index (χ1n) is 10.7. The molecule has 0 saturated carbocycles. The van der Waals surface area contributed by atoms with E-state index in [1.807, 2.05) is 0 Å². The second-order valence-electron chi connectivity index (χ2n) is 7.36. The van der Waals surface area contributed by atoms with E-state index in [9.17, 15) is 0 Å². The van der Waals surface area contributed by atoms with Gasteiger partial charge in [-0.15, -0.1) is 31.2 Å². The van der Waals surface area contributed by atoms with Gasteiger partial charge in [0, 0.05) is 26.2 Å². The Morgan fingerprint density at radius 2 is 1.04 bits per heavy atom. The molecule has 0 aromatic rings. The van der Waals surface area contributed by atoms with Gasteiger partial charge in [0.2, 0.25) is 0 Å². The van der Waals surface area contributed by atoms with Crippen LogP contribution in [0.2, 0.25) is 0 Å². The van der Waals surface area contributed by atoms with Gasteiger partial charge in [0.15, 0.2) is 0 Å². The van der Waals surface area contributed by atoms with E-state index >= 15 is 0 Å². The normalized spacial score (nSPS) is 12.1. The average Bonchev–Trinajstić information content (AvgIpc) is 3.08. The van der Waals surface area contributed by atoms with Crippen molar-refractivity contribution in [1.29, 1.82) is 0 Å². The van der Waals surface area contributed by atoms with Crippen LogP contribution in [0.5, 0.6) is 0 Å². The summed E-state index contributed by atoms with van der Waals surface area (Å²) in [5, 5.41) is 0. The summed E-state index contributed by atoms with van der Waals surface area (Å²) >= 11 is 0. The molecule has 0 atom stereocenters. The molecule has 3 heteroatoms. The molecule has 154 valence electrons. The van der Waals surface area contributed by atoms with E-state index in [1.165, 1.54) is 115 Å². The van der Waals surface area contributed by atoms with E-state index in [-0.39, 0.29) is 51.0 Å². The maximum Gasteiger partial charge on any atom is 0 e. The summed E-state index contributed by atoms with van der Waals surface area (Å²) in [6.45, 7) is 2.30. The Morgan fingerprint density at radius 1 is 0.654 bits per heavy atom. The summed E-state index contributed by atoms with van der Waals surface area (Å²) in [5.74, 6) is 0. The van der Waals surface area contributed by atoms with Crippen LogP contribution in [-0.2, 0) is 26.2 Å². The molecule has 26 heavy (non-hydrogen) atoms. The summed E-state index contributed by atoms with van der Waals surface area (Å²) < 4.78 is 0. The smallest absolute Gasteiger partial charge is 0 e. The van der Waals surface area contributed by atoms with Gasteiger partial charge in [0.05, 0.1) is 0 Å². The zero-order chi connectivity index (χ0) is 16.4. The molecule has 0 unspecified atom stereocenters. The van der Waals surface area contributed by atoms with Crippen LogP contribution >= 0.6 is 24.8 Å². The maximum atomic E-state index is 3.41. The monoisotopic (exact) mass is 479 g/mol. The van der Waals surface area contributed by atoms with Gasteiger partial charge in [0.1, 0.15) is 0 Å². The van der Waals surface area contributed by atoms with Crippen molar-refractivity contribution < 1.29 is 26.2 Å². The van der Waals surface area contributed by atoms with Crippen LogP contribution in [0.1, 0.15) is 122 Å². The molecular weight excluding hydrogens is 438 g/mol. The van der Waals surface area contributed by atoms with Gasteiger partial charge in [-0.25, -0.2) is 11.6 Å². The van der Waals surface area contributed by atoms with Crippen LogP contribution in [-0.4, -0.2) is 0 Å². The fourth-order valence-corrected chi connectivity index (χ4v) is 3.49. The first-order valence-corrected chi connectivity index (χ1v) is 10.7. The Hall–Kier alpha value is 0.943. The molecule has 0 nitrogen and oxygen atoms in total. The van der Waals surface area contributed by atoms with E-state index in [0.29, 0.717) is 0 Å². The van der Waals surface area contributed by atoms with Crippen molar-refractivity contribution in [3.63, 3.8) is 0 Å². The van der Waals surface area contributed by atoms with Gasteiger partial charge in [-0.1, -0.05) is 116 Å². The van der Waals surface area contributed by atoms with Gasteiger partial charge < -0.3 is 0 Å². The van der Waals surface area contributed by atoms with E-state index < -0.39 is 0 Å². The summed E-state index contributed by atoms with van der Waals surface area (Å²) in [7, 11) is 0. The predicted molar refractivity (Wildman–Crippen MR) is 119 cm³/mol. The van der Waals surface area contributed by atoms with E-state index in [2.05, 4.69) is 25.2 Å². The number of allylic oxidation sites excluding steroid dienone is 4. The van der Waals surface area contributed by atoms with Gasteiger partial charge in [-0.2, -0.15) is 6.08 Å². The largest absolute Gasteiger partial charge is 0.269 e. The summed E-state index contributed by atoms with van der Waals surface area (Å²) in [4.78, 5) is 0. The molecule has 1 aliphatic carbocycles. The van der Waals surface area contributed by atoms with Crippen LogP contribution in [0, 0.1) is 6.08 Å². The third-order valence-corrected chi connectivity index (χ3v) is 5.07. The number of rotatable bonds is 17. The fourth-order valence-electron chi connectivity index (χ4n) is 3.49. The summed E-state index contributed by atoms with van der Waals surface area (Å²) in [6, 6.07) is 0. The first-order chi connectivity index (χ1) is 11.4. The van der Waals surface area contributed by atoms with Crippen molar-refractivity contribution in [2.45, 2.75) is 122 Å². The molecule has 0 aliphatic heterocycles. The minimum Gasteiger partial charge on any atom is -0.269 e. The van der Waals surface area contributed by atoms with Crippen molar-refractivity contribution in [2.24, 2.45) is 0 Å². The number of halogens is 2. The third kappa shape index (κ3) is 21.2. The molecule has 0 bridgehead atoms. The molecule has 0 heterocycles. The molecule has 1 rings (SSSR count). The number of hydrogen-bond acceptors (Lipinski definition) is 0. The van der Waals surface area contributed by atoms with Gasteiger partial charge in [-0.05, 0) is 0 Å². The molecule has 0 aromatic heterocycles. The van der Waals surface area contributed by atoms with Gasteiger partial charge >= 0.3 is 0 Å². The Bertz CT molecular complexity index is 313. The van der Waals surface area contributed by atoms with Crippen molar-refractivity contribution in [3.05, 3.63) is 23.8 Å². The van der Waals surface area contributed by atoms with Gasteiger partial charge in [-0.3, -0.25) is 6.08 Å². The van der Waals surface area contributed by atoms with E-state index in [4.69, 9.17) is 0 Å². The zero-order valence-corrected chi connectivity index (χ0v) is 21.3. The second kappa shape index (κ2) is 25.9. The van der Waals surface area contributed by atoms with Gasteiger partial charge in [0.25, 0.3) is 0 Å². The fraction of sp³-hybridized carbons (Fsp3) is 0.826. The van der Waals surface area contributed by atoms with Crippen LogP contribution in [0.15, 0.2) is 17.7 Å². The maximum absolute atomic E-state index is 3.41. The quantitative estimate of drug-likeness (QED) is 0.143. The Kier molecular flexibility index (Phi) is 31.6. The SMILES string of the molecule is CCCCCCCCCCCCCCCCCCC1=[C-]CC=C1.Cl.Cl.[Zr]. The third-order valence-electron chi connectivity index (χ3n) is 5.07. The molecule has 0 radical (unpaired) electrons. The summed E-state index contributed by atoms with van der Waals surface area (Å²) in [6.07, 6.45) is 33.4. The second-order valence-corrected chi connectivity index (χ2v) is 7.36. The minimum atomic E-state index is 0. The average molecular weight is 482 g/mol. The number of hydrogen-bond donors (Lipinski definition) is 0. The Labute approximate surface area is 196 Å². The standard InChI is InChI=1S/C23H41.2ClH.Zr/c1-2-3-4-5-6-7-8-9-10-11-12-13-14-15-16-17-20-23-21-18-19-22-23;;;/h18,21H,2-17,19-20H2,1H3;2*1H;/q-1;;;. The van der Waals surface area contributed by atoms with Crippen LogP contribution < -0.4 is 0 Å². The van der Waals surface area contributed by atoms with E-state index in [0.717, 1.165) is 6.42 Å². The van der Waals surface area contributed by atoms with Crippen molar-refractivity contribution in [3.8, 4) is 0 Å². The van der Waals surface area contributed by atoms with Crippen LogP contribution in [0.3, 0.4) is 0 Å². The van der Waals surface area contributed by atoms with Crippen LogP contribution in [0.25, 0.3) is 0 Å².